The van der Waals surface area contributed by atoms with E-state index >= 15 is 0 Å². The first-order valence-corrected chi connectivity index (χ1v) is 11.2. The molecule has 0 saturated heterocycles. The molecule has 0 saturated carbocycles. The largest absolute Gasteiger partial charge is 0.491 e. The van der Waals surface area contributed by atoms with Crippen molar-refractivity contribution in [2.75, 3.05) is 39.6 Å². The molecule has 1 aromatic heterocycles. The van der Waals surface area contributed by atoms with E-state index in [1.165, 1.54) is 6.07 Å². The minimum absolute atomic E-state index is 0.101. The van der Waals surface area contributed by atoms with Crippen LogP contribution in [0.3, 0.4) is 0 Å². The molecule has 1 heterocycles. The summed E-state index contributed by atoms with van der Waals surface area (Å²) in [6, 6.07) is 16.1. The Hall–Kier alpha value is -3.36. The van der Waals surface area contributed by atoms with Crippen molar-refractivity contribution < 1.29 is 28.2 Å². The molecule has 1 N–H and O–H groups in total. The van der Waals surface area contributed by atoms with Gasteiger partial charge in [-0.15, -0.1) is 0 Å². The van der Waals surface area contributed by atoms with E-state index in [-0.39, 0.29) is 5.43 Å². The molecule has 0 atom stereocenters. The number of nitrogens with one attached hydrogen (secondary N) is 1. The summed E-state index contributed by atoms with van der Waals surface area (Å²) < 4.78 is 27.7. The average Bonchev–Trinajstić information content (AvgIpc) is 2.79. The lowest BCUT2D eigenvalue weighted by atomic mass is 10.1. The summed E-state index contributed by atoms with van der Waals surface area (Å²) in [6.07, 6.45) is -0.464. The van der Waals surface area contributed by atoms with Crippen LogP contribution in [0.4, 0.5) is 4.79 Å². The second-order valence-electron chi connectivity index (χ2n) is 8.50. The maximum absolute atomic E-state index is 12.4. The molecule has 0 aliphatic carbocycles. The molecule has 0 unspecified atom stereocenters. The number of carbonyl (C=O) groups excluding carboxylic acids is 1. The van der Waals surface area contributed by atoms with Crippen molar-refractivity contribution in [2.24, 2.45) is 0 Å². The van der Waals surface area contributed by atoms with Gasteiger partial charge in [0, 0.05) is 24.2 Å². The van der Waals surface area contributed by atoms with E-state index in [1.807, 2.05) is 51.1 Å². The highest BCUT2D eigenvalue weighted by Crippen LogP contribution is 2.24. The van der Waals surface area contributed by atoms with Crippen molar-refractivity contribution in [3.05, 3.63) is 64.8 Å². The molecule has 34 heavy (non-hydrogen) atoms. The van der Waals surface area contributed by atoms with E-state index in [0.29, 0.717) is 62.1 Å². The number of fused-ring (bicyclic) bond motifs is 1. The molecule has 3 rings (SSSR count). The fraction of sp³-hybridized carbons (Fsp3) is 0.385. The first-order chi connectivity index (χ1) is 16.3. The van der Waals surface area contributed by atoms with Crippen LogP contribution < -0.4 is 15.5 Å². The summed E-state index contributed by atoms with van der Waals surface area (Å²) in [7, 11) is 0. The lowest BCUT2D eigenvalue weighted by Crippen LogP contribution is -2.34. The lowest BCUT2D eigenvalue weighted by molar-refractivity contribution is 0.0328. The molecule has 182 valence electrons. The van der Waals surface area contributed by atoms with Gasteiger partial charge in [-0.3, -0.25) is 4.79 Å². The van der Waals surface area contributed by atoms with Gasteiger partial charge in [0.05, 0.1) is 31.8 Å². The topological polar surface area (TPSA) is 96.2 Å². The summed E-state index contributed by atoms with van der Waals surface area (Å²) in [5.74, 6) is 1.11. The fourth-order valence-corrected chi connectivity index (χ4v) is 3.05. The number of amides is 1. The van der Waals surface area contributed by atoms with Crippen molar-refractivity contribution in [1.29, 1.82) is 0 Å². The summed E-state index contributed by atoms with van der Waals surface area (Å²) in [6.45, 7) is 7.69. The SMILES string of the molecule is CC(C)(C)OC(=O)NCCOCCOCCOc1ccc2c(=O)cc(-c3ccccc3)oc2c1. The van der Waals surface area contributed by atoms with E-state index in [1.54, 1.807) is 18.2 Å². The Labute approximate surface area is 198 Å². The number of ether oxygens (including phenoxy) is 4. The Morgan fingerprint density at radius 3 is 2.35 bits per heavy atom. The van der Waals surface area contributed by atoms with E-state index in [0.717, 1.165) is 5.56 Å². The highest BCUT2D eigenvalue weighted by molar-refractivity contribution is 5.80. The highest BCUT2D eigenvalue weighted by Gasteiger charge is 2.15. The van der Waals surface area contributed by atoms with Crippen LogP contribution in [0, 0.1) is 0 Å². The predicted octanol–water partition coefficient (Wildman–Crippen LogP) is 4.40. The third-order valence-corrected chi connectivity index (χ3v) is 4.54. The number of alkyl carbamates (subject to hydrolysis) is 1. The van der Waals surface area contributed by atoms with Gasteiger partial charge in [-0.25, -0.2) is 4.79 Å². The Kier molecular flexibility index (Phi) is 9.07. The van der Waals surface area contributed by atoms with Crippen LogP contribution in [0.5, 0.6) is 5.75 Å². The Balaban J connectivity index is 1.35. The van der Waals surface area contributed by atoms with Gasteiger partial charge in [-0.1, -0.05) is 30.3 Å². The second kappa shape index (κ2) is 12.2. The minimum atomic E-state index is -0.521. The molecular formula is C26H31NO7. The third kappa shape index (κ3) is 8.20. The molecule has 0 radical (unpaired) electrons. The minimum Gasteiger partial charge on any atom is -0.491 e. The molecule has 8 heteroatoms. The van der Waals surface area contributed by atoms with Crippen LogP contribution in [0.1, 0.15) is 20.8 Å². The molecule has 0 aliphatic rings. The fourth-order valence-electron chi connectivity index (χ4n) is 3.05. The van der Waals surface area contributed by atoms with Crippen LogP contribution in [-0.2, 0) is 14.2 Å². The summed E-state index contributed by atoms with van der Waals surface area (Å²) in [5, 5.41) is 3.12. The zero-order valence-electron chi connectivity index (χ0n) is 19.8. The van der Waals surface area contributed by atoms with Gasteiger partial charge in [0.1, 0.15) is 29.3 Å². The van der Waals surface area contributed by atoms with Crippen LogP contribution in [-0.4, -0.2) is 51.3 Å². The molecule has 2 aromatic carbocycles. The molecule has 3 aromatic rings. The van der Waals surface area contributed by atoms with Crippen LogP contribution >= 0.6 is 0 Å². The highest BCUT2D eigenvalue weighted by atomic mass is 16.6. The monoisotopic (exact) mass is 469 g/mol. The molecule has 0 fully saturated rings. The second-order valence-corrected chi connectivity index (χ2v) is 8.50. The number of rotatable bonds is 11. The van der Waals surface area contributed by atoms with Gasteiger partial charge in [0.2, 0.25) is 0 Å². The zero-order chi connectivity index (χ0) is 24.4. The van der Waals surface area contributed by atoms with E-state index in [9.17, 15) is 9.59 Å². The molecule has 8 nitrogen and oxygen atoms in total. The van der Waals surface area contributed by atoms with Crippen LogP contribution in [0.15, 0.2) is 63.8 Å². The van der Waals surface area contributed by atoms with E-state index in [4.69, 9.17) is 23.4 Å². The van der Waals surface area contributed by atoms with E-state index in [2.05, 4.69) is 5.32 Å². The smallest absolute Gasteiger partial charge is 0.407 e. The van der Waals surface area contributed by atoms with Gasteiger partial charge in [0.15, 0.2) is 5.43 Å². The summed E-state index contributed by atoms with van der Waals surface area (Å²) in [5.41, 5.74) is 0.686. The first-order valence-electron chi connectivity index (χ1n) is 11.2. The maximum atomic E-state index is 12.4. The molecule has 0 bridgehead atoms. The zero-order valence-corrected chi connectivity index (χ0v) is 19.8. The molecule has 1 amide bonds. The van der Waals surface area contributed by atoms with Gasteiger partial charge in [-0.05, 0) is 32.9 Å². The van der Waals surface area contributed by atoms with Crippen molar-refractivity contribution in [1.82, 2.24) is 5.32 Å². The molecular weight excluding hydrogens is 438 g/mol. The number of hydrogen-bond donors (Lipinski definition) is 1. The first kappa shape index (κ1) is 25.3. The standard InChI is InChI=1S/C26H31NO7/c1-26(2,3)34-25(29)27-11-12-30-13-14-31-15-16-32-20-9-10-21-22(28)18-23(33-24(21)17-20)19-7-5-4-6-8-19/h4-10,17-18H,11-16H2,1-3H3,(H,27,29). The maximum Gasteiger partial charge on any atom is 0.407 e. The van der Waals surface area contributed by atoms with Gasteiger partial charge in [-0.2, -0.15) is 0 Å². The van der Waals surface area contributed by atoms with Crippen molar-refractivity contribution in [3.63, 3.8) is 0 Å². The van der Waals surface area contributed by atoms with Gasteiger partial charge in [0.25, 0.3) is 0 Å². The summed E-state index contributed by atoms with van der Waals surface area (Å²) in [4.78, 5) is 23.9. The number of carbonyl (C=O) groups is 1. The van der Waals surface area contributed by atoms with Gasteiger partial charge >= 0.3 is 6.09 Å². The normalized spacial score (nSPS) is 11.4. The van der Waals surface area contributed by atoms with Crippen molar-refractivity contribution >= 4 is 17.1 Å². The van der Waals surface area contributed by atoms with E-state index < -0.39 is 11.7 Å². The Morgan fingerprint density at radius 1 is 0.912 bits per heavy atom. The van der Waals surface area contributed by atoms with Crippen molar-refractivity contribution in [2.45, 2.75) is 26.4 Å². The van der Waals surface area contributed by atoms with Gasteiger partial charge < -0.3 is 28.7 Å². The summed E-state index contributed by atoms with van der Waals surface area (Å²) >= 11 is 0. The van der Waals surface area contributed by atoms with Crippen LogP contribution in [0.2, 0.25) is 0 Å². The number of benzene rings is 2. The van der Waals surface area contributed by atoms with Crippen molar-refractivity contribution in [3.8, 4) is 17.1 Å². The van der Waals surface area contributed by atoms with Crippen LogP contribution in [0.25, 0.3) is 22.3 Å². The number of hydrogen-bond acceptors (Lipinski definition) is 7. The average molecular weight is 470 g/mol. The Morgan fingerprint density at radius 2 is 1.62 bits per heavy atom. The molecule has 0 aliphatic heterocycles. The predicted molar refractivity (Wildman–Crippen MR) is 129 cm³/mol. The Bertz CT molecular complexity index is 1120. The lowest BCUT2D eigenvalue weighted by Gasteiger charge is -2.19. The molecule has 0 spiro atoms. The quantitative estimate of drug-likeness (QED) is 0.416. The third-order valence-electron chi connectivity index (χ3n) is 4.54.